The number of hydrogen-bond donors (Lipinski definition) is 2. The molecule has 2 N–H and O–H groups in total. The summed E-state index contributed by atoms with van der Waals surface area (Å²) in [7, 11) is 2.10. The molecule has 1 unspecified atom stereocenters. The fourth-order valence-corrected chi connectivity index (χ4v) is 8.55. The molecule has 3 aromatic heterocycles. The number of nitrogens with one attached hydrogen (secondary N) is 1. The molecule has 3 fully saturated rings. The molecule has 3 aliphatic heterocycles. The van der Waals surface area contributed by atoms with E-state index in [1.54, 1.807) is 16.4 Å². The zero-order valence-corrected chi connectivity index (χ0v) is 31.0. The largest absolute Gasteiger partial charge is 0.504 e. The van der Waals surface area contributed by atoms with Crippen LogP contribution in [-0.4, -0.2) is 89.1 Å². The Kier molecular flexibility index (Phi) is 8.32. The number of likely N-dealkylation sites (tertiary alicyclic amines) is 2. The Balaban J connectivity index is 1.08. The van der Waals surface area contributed by atoms with Crippen molar-refractivity contribution in [1.82, 2.24) is 38.9 Å². The summed E-state index contributed by atoms with van der Waals surface area (Å²) < 4.78 is 9.68. The Hall–Kier alpha value is -5.18. The number of rotatable bonds is 7. The molecule has 0 radical (unpaired) electrons. The van der Waals surface area contributed by atoms with Crippen molar-refractivity contribution in [3.63, 3.8) is 0 Å². The van der Waals surface area contributed by atoms with Gasteiger partial charge in [-0.05, 0) is 75.8 Å². The molecule has 2 amide bonds. The summed E-state index contributed by atoms with van der Waals surface area (Å²) in [4.78, 5) is 58.7. The molecule has 54 heavy (non-hydrogen) atoms. The fraction of sp³-hybridized carbons (Fsp3) is 0.410. The summed E-state index contributed by atoms with van der Waals surface area (Å²) in [6.45, 7) is 5.78. The maximum absolute atomic E-state index is 14.6. The van der Waals surface area contributed by atoms with Gasteiger partial charge in [0.25, 0.3) is 11.5 Å². The molecule has 0 bridgehead atoms. The lowest BCUT2D eigenvalue weighted by molar-refractivity contribution is -0.116. The maximum atomic E-state index is 14.6. The molecule has 278 valence electrons. The number of carbonyl (C=O) groups excluding carboxylic acids is 2. The van der Waals surface area contributed by atoms with Crippen LogP contribution in [0.15, 0.2) is 53.6 Å². The molecular weight excluding hydrogens is 710 g/mol. The van der Waals surface area contributed by atoms with Gasteiger partial charge in [-0.15, -0.1) is 5.10 Å². The molecule has 14 nitrogen and oxygen atoms in total. The van der Waals surface area contributed by atoms with Crippen molar-refractivity contribution >= 4 is 34.9 Å². The minimum Gasteiger partial charge on any atom is -0.504 e. The lowest BCUT2D eigenvalue weighted by atomic mass is 9.85. The molecule has 6 heterocycles. The first kappa shape index (κ1) is 34.6. The number of nitrogens with zero attached hydrogens (tertiary/aromatic N) is 8. The number of fused-ring (bicyclic) bond motifs is 3. The van der Waals surface area contributed by atoms with Gasteiger partial charge in [0, 0.05) is 37.7 Å². The molecule has 9 rings (SSSR count). The lowest BCUT2D eigenvalue weighted by Crippen LogP contribution is -2.47. The highest BCUT2D eigenvalue weighted by Gasteiger charge is 2.50. The topological polar surface area (TPSA) is 160 Å². The van der Waals surface area contributed by atoms with E-state index in [0.717, 1.165) is 37.1 Å². The number of amides is 2. The van der Waals surface area contributed by atoms with E-state index in [4.69, 9.17) is 26.4 Å². The number of benzene rings is 2. The molecule has 2 saturated heterocycles. The van der Waals surface area contributed by atoms with Crippen molar-refractivity contribution < 1.29 is 19.4 Å². The van der Waals surface area contributed by atoms with E-state index in [-0.39, 0.29) is 48.3 Å². The van der Waals surface area contributed by atoms with E-state index in [1.165, 1.54) is 16.4 Å². The number of hydrogen-bond acceptors (Lipinski definition) is 10. The van der Waals surface area contributed by atoms with E-state index < -0.39 is 17.6 Å². The van der Waals surface area contributed by atoms with Crippen molar-refractivity contribution in [2.24, 2.45) is 0 Å². The van der Waals surface area contributed by atoms with Crippen molar-refractivity contribution in [2.75, 3.05) is 38.5 Å². The number of likely N-dealkylation sites (N-methyl/N-ethyl adjacent to an activating group) is 1. The molecular formula is C39H40ClN9O5. The van der Waals surface area contributed by atoms with E-state index in [9.17, 15) is 19.5 Å². The van der Waals surface area contributed by atoms with Gasteiger partial charge in [0.15, 0.2) is 17.3 Å². The van der Waals surface area contributed by atoms with Gasteiger partial charge < -0.3 is 29.5 Å². The van der Waals surface area contributed by atoms with Crippen LogP contribution in [0, 0.1) is 6.92 Å². The number of carbonyl (C=O) groups is 2. The molecule has 1 spiro atoms. The Bertz CT molecular complexity index is 2390. The van der Waals surface area contributed by atoms with Gasteiger partial charge in [-0.3, -0.25) is 14.4 Å². The smallest absolute Gasteiger partial charge is 0.282 e. The van der Waals surface area contributed by atoms with Crippen molar-refractivity contribution in [1.29, 1.82) is 0 Å². The van der Waals surface area contributed by atoms with Crippen LogP contribution in [0.5, 0.6) is 5.75 Å². The number of aromatic nitrogens is 6. The highest BCUT2D eigenvalue weighted by atomic mass is 35.5. The van der Waals surface area contributed by atoms with E-state index >= 15 is 0 Å². The van der Waals surface area contributed by atoms with Crippen LogP contribution >= 0.6 is 11.6 Å². The van der Waals surface area contributed by atoms with Crippen molar-refractivity contribution in [3.05, 3.63) is 97.9 Å². The number of ether oxygens (including phenoxy) is 1. The molecule has 1 aliphatic carbocycles. The maximum Gasteiger partial charge on any atom is 0.282 e. The predicted octanol–water partition coefficient (Wildman–Crippen LogP) is 4.78. The van der Waals surface area contributed by atoms with Crippen molar-refractivity contribution in [2.45, 2.75) is 69.6 Å². The fourth-order valence-electron chi connectivity index (χ4n) is 8.32. The summed E-state index contributed by atoms with van der Waals surface area (Å²) in [6, 6.07) is 13.9. The zero-order valence-electron chi connectivity index (χ0n) is 30.3. The van der Waals surface area contributed by atoms with Crippen LogP contribution in [0.1, 0.15) is 89.1 Å². The third kappa shape index (κ3) is 5.83. The predicted molar refractivity (Wildman–Crippen MR) is 200 cm³/mol. The van der Waals surface area contributed by atoms with Crippen LogP contribution < -0.4 is 10.9 Å². The van der Waals surface area contributed by atoms with Gasteiger partial charge in [-0.1, -0.05) is 41.9 Å². The lowest BCUT2D eigenvalue weighted by Gasteiger charge is -2.39. The number of piperidine rings is 1. The number of aryl methyl sites for hydroxylation is 1. The monoisotopic (exact) mass is 749 g/mol. The van der Waals surface area contributed by atoms with Gasteiger partial charge in [-0.25, -0.2) is 9.97 Å². The second-order valence-electron chi connectivity index (χ2n) is 15.1. The highest BCUT2D eigenvalue weighted by molar-refractivity contribution is 6.33. The average molecular weight is 750 g/mol. The van der Waals surface area contributed by atoms with Gasteiger partial charge in [0.1, 0.15) is 18.5 Å². The van der Waals surface area contributed by atoms with Crippen molar-refractivity contribution in [3.8, 4) is 17.1 Å². The Morgan fingerprint density at radius 1 is 1.04 bits per heavy atom. The Labute approximate surface area is 315 Å². The van der Waals surface area contributed by atoms with Gasteiger partial charge in [0.05, 0.1) is 33.8 Å². The summed E-state index contributed by atoms with van der Waals surface area (Å²) in [5.41, 5.74) is 3.41. The second-order valence-corrected chi connectivity index (χ2v) is 15.5. The van der Waals surface area contributed by atoms with Crippen LogP contribution in [-0.2, 0) is 21.7 Å². The molecule has 1 saturated carbocycles. The Morgan fingerprint density at radius 2 is 1.76 bits per heavy atom. The first-order valence-electron chi connectivity index (χ1n) is 18.4. The third-order valence-corrected chi connectivity index (χ3v) is 11.7. The minimum absolute atomic E-state index is 0.0693. The summed E-state index contributed by atoms with van der Waals surface area (Å²) in [5, 5.41) is 18.7. The molecule has 1 atom stereocenters. The molecule has 4 aliphatic rings. The molecule has 2 aromatic carbocycles. The summed E-state index contributed by atoms with van der Waals surface area (Å²) >= 11 is 6.63. The van der Waals surface area contributed by atoms with Gasteiger partial charge in [-0.2, -0.15) is 9.50 Å². The van der Waals surface area contributed by atoms with Crippen LogP contribution in [0.2, 0.25) is 5.02 Å². The normalized spacial score (nSPS) is 19.6. The zero-order chi connectivity index (χ0) is 37.5. The standard InChI is InChI=1S/C39H40ClN9O5/c1-21-34(51)32(42-20-41-21)37(53)47-14-12-39(13-15-47)31-33(22(2)54-39)48(19-30(50)43-29-11-10-26(16-28(29)40)23-4-5-23)38-44-35(45-49(38)36(31)52)25-8-6-24(7-9-25)27-17-46(3)18-27/h6-11,16,20,22-23,27,51H,4-5,12-15,17-19H2,1-3H3,(H,43,50). The van der Waals surface area contributed by atoms with E-state index in [1.807, 2.05) is 37.3 Å². The van der Waals surface area contributed by atoms with Gasteiger partial charge in [0.2, 0.25) is 11.7 Å². The Morgan fingerprint density at radius 3 is 2.44 bits per heavy atom. The highest BCUT2D eigenvalue weighted by Crippen LogP contribution is 2.48. The SMILES string of the molecule is Cc1ncnc(C(=O)N2CCC3(CC2)OC(C)c2c3c(=O)n3nc(-c4ccc(C5CN(C)C5)cc4)nc3n2CC(=O)Nc2ccc(C3CC3)cc2Cl)c1O. The van der Waals surface area contributed by atoms with Crippen LogP contribution in [0.3, 0.4) is 0 Å². The first-order chi connectivity index (χ1) is 26.0. The number of halogens is 1. The minimum atomic E-state index is -1.05. The van der Waals surface area contributed by atoms with E-state index in [0.29, 0.717) is 58.2 Å². The van der Waals surface area contributed by atoms with Gasteiger partial charge >= 0.3 is 0 Å². The van der Waals surface area contributed by atoms with E-state index in [2.05, 4.69) is 39.4 Å². The average Bonchev–Trinajstić information content (AvgIpc) is 3.84. The van der Waals surface area contributed by atoms with Crippen LogP contribution in [0.4, 0.5) is 5.69 Å². The quantitative estimate of drug-likeness (QED) is 0.237. The molecule has 5 aromatic rings. The number of anilines is 1. The number of aromatic hydroxyl groups is 1. The summed E-state index contributed by atoms with van der Waals surface area (Å²) in [5.74, 6) is 0.547. The van der Waals surface area contributed by atoms with Crippen LogP contribution in [0.25, 0.3) is 17.2 Å². The third-order valence-electron chi connectivity index (χ3n) is 11.4. The molecule has 15 heteroatoms. The summed E-state index contributed by atoms with van der Waals surface area (Å²) in [6.07, 6.45) is 3.55. The second kappa shape index (κ2) is 13.0. The first-order valence-corrected chi connectivity index (χ1v) is 18.8.